The van der Waals surface area contributed by atoms with Crippen molar-refractivity contribution in [1.29, 1.82) is 0 Å². The molecule has 0 aliphatic rings. The molecule has 0 unspecified atom stereocenters. The van der Waals surface area contributed by atoms with E-state index < -0.39 is 23.9 Å². The summed E-state index contributed by atoms with van der Waals surface area (Å²) in [5.41, 5.74) is 0.587. The lowest BCUT2D eigenvalue weighted by molar-refractivity contribution is -0.134. The molecule has 0 aromatic heterocycles. The number of esters is 4. The highest BCUT2D eigenvalue weighted by atomic mass is 16.6. The second-order valence-corrected chi connectivity index (χ2v) is 8.37. The Morgan fingerprint density at radius 1 is 0.525 bits per heavy atom. The van der Waals surface area contributed by atoms with Crippen LogP contribution in [0.4, 0.5) is 0 Å². The molecule has 0 spiro atoms. The molecule has 0 saturated heterocycles. The summed E-state index contributed by atoms with van der Waals surface area (Å²) in [5, 5.41) is 0.620. The van der Waals surface area contributed by atoms with Crippen LogP contribution in [-0.4, -0.2) is 23.9 Å². The first kappa shape index (κ1) is 30.8. The highest BCUT2D eigenvalue weighted by Gasteiger charge is 2.21. The van der Waals surface area contributed by atoms with E-state index >= 15 is 0 Å². The molecule has 2 rings (SSSR count). The standard InChI is InChI=1S/C30H28O10/c1-17(2)27(31)37-15-13-35-23-11-9-22-21(25(23)36-14-16-38-28(32)18(3)4)10-12-24(39-29(33)19(5)6)26(22)40-30(34)20(7)8/h9-16H,1,3,5,7H2,2,4,6,8H3. The minimum Gasteiger partial charge on any atom is -0.458 e. The number of hydrogen-bond donors (Lipinski definition) is 0. The van der Waals surface area contributed by atoms with Gasteiger partial charge >= 0.3 is 23.9 Å². The molecule has 0 radical (unpaired) electrons. The maximum Gasteiger partial charge on any atom is 0.338 e. The highest BCUT2D eigenvalue weighted by Crippen LogP contribution is 2.44. The maximum atomic E-state index is 12.4. The van der Waals surface area contributed by atoms with Gasteiger partial charge < -0.3 is 28.4 Å². The quantitative estimate of drug-likeness (QED) is 0.140. The molecule has 0 atom stereocenters. The molecular weight excluding hydrogens is 520 g/mol. The van der Waals surface area contributed by atoms with Crippen molar-refractivity contribution in [1.82, 2.24) is 0 Å². The van der Waals surface area contributed by atoms with Gasteiger partial charge in [-0.25, -0.2) is 19.2 Å². The van der Waals surface area contributed by atoms with E-state index in [1.807, 2.05) is 0 Å². The fourth-order valence-corrected chi connectivity index (χ4v) is 2.65. The zero-order valence-electron chi connectivity index (χ0n) is 22.5. The Hall–Kier alpha value is -5.38. The van der Waals surface area contributed by atoms with Gasteiger partial charge in [0.25, 0.3) is 0 Å². The maximum absolute atomic E-state index is 12.4. The first-order chi connectivity index (χ1) is 18.8. The fourth-order valence-electron chi connectivity index (χ4n) is 2.65. The Labute approximate surface area is 231 Å². The van der Waals surface area contributed by atoms with E-state index in [0.29, 0.717) is 5.39 Å². The van der Waals surface area contributed by atoms with Gasteiger partial charge in [0, 0.05) is 33.1 Å². The molecule has 10 nitrogen and oxygen atoms in total. The molecule has 0 N–H and O–H groups in total. The molecule has 10 heteroatoms. The summed E-state index contributed by atoms with van der Waals surface area (Å²) in [6, 6.07) is 5.89. The van der Waals surface area contributed by atoms with Crippen LogP contribution in [0.15, 0.2) is 97.9 Å². The molecule has 0 bridgehead atoms. The Kier molecular flexibility index (Phi) is 10.8. The summed E-state index contributed by atoms with van der Waals surface area (Å²) >= 11 is 0. The zero-order chi connectivity index (χ0) is 30.0. The predicted octanol–water partition coefficient (Wildman–Crippen LogP) is 5.74. The van der Waals surface area contributed by atoms with Gasteiger partial charge in [-0.3, -0.25) is 0 Å². The normalized spacial score (nSPS) is 10.6. The van der Waals surface area contributed by atoms with Gasteiger partial charge in [0.05, 0.1) is 0 Å². The Balaban J connectivity index is 2.63. The van der Waals surface area contributed by atoms with Gasteiger partial charge in [-0.1, -0.05) is 26.3 Å². The van der Waals surface area contributed by atoms with E-state index in [1.165, 1.54) is 52.0 Å². The van der Waals surface area contributed by atoms with Crippen molar-refractivity contribution < 1.29 is 47.6 Å². The number of hydrogen-bond acceptors (Lipinski definition) is 10. The van der Waals surface area contributed by atoms with E-state index in [1.54, 1.807) is 0 Å². The van der Waals surface area contributed by atoms with Crippen LogP contribution in [0.25, 0.3) is 10.8 Å². The average Bonchev–Trinajstić information content (AvgIpc) is 2.89. The van der Waals surface area contributed by atoms with Crippen LogP contribution in [0.5, 0.6) is 23.0 Å². The lowest BCUT2D eigenvalue weighted by Crippen LogP contribution is -2.13. The number of carbonyl (C=O) groups is 4. The summed E-state index contributed by atoms with van der Waals surface area (Å²) in [6.07, 6.45) is 4.16. The molecule has 40 heavy (non-hydrogen) atoms. The highest BCUT2D eigenvalue weighted by molar-refractivity contribution is 6.01. The van der Waals surface area contributed by atoms with Crippen LogP contribution in [0.1, 0.15) is 27.7 Å². The van der Waals surface area contributed by atoms with Crippen molar-refractivity contribution in [2.45, 2.75) is 27.7 Å². The van der Waals surface area contributed by atoms with Crippen molar-refractivity contribution in [3.63, 3.8) is 0 Å². The van der Waals surface area contributed by atoms with Crippen molar-refractivity contribution in [3.8, 4) is 23.0 Å². The number of carbonyl (C=O) groups excluding carboxylic acids is 4. The summed E-state index contributed by atoms with van der Waals surface area (Å²) < 4.78 is 32.0. The Morgan fingerprint density at radius 3 is 1.45 bits per heavy atom. The molecule has 0 aliphatic heterocycles. The van der Waals surface area contributed by atoms with Gasteiger partial charge in [-0.15, -0.1) is 0 Å². The molecule has 2 aromatic carbocycles. The smallest absolute Gasteiger partial charge is 0.338 e. The van der Waals surface area contributed by atoms with Crippen molar-refractivity contribution in [2.24, 2.45) is 0 Å². The second-order valence-electron chi connectivity index (χ2n) is 8.37. The summed E-state index contributed by atoms with van der Waals surface area (Å²) in [7, 11) is 0. The Morgan fingerprint density at radius 2 is 0.950 bits per heavy atom. The third kappa shape index (κ3) is 8.32. The van der Waals surface area contributed by atoms with Crippen LogP contribution in [0, 0.1) is 0 Å². The second kappa shape index (κ2) is 14.0. The summed E-state index contributed by atoms with van der Waals surface area (Å²) in [6.45, 7) is 20.0. The van der Waals surface area contributed by atoms with Gasteiger partial charge in [-0.2, -0.15) is 0 Å². The van der Waals surface area contributed by atoms with Crippen molar-refractivity contribution >= 4 is 34.6 Å². The third-order valence-corrected chi connectivity index (χ3v) is 4.66. The van der Waals surface area contributed by atoms with Gasteiger partial charge in [0.15, 0.2) is 23.0 Å². The summed E-state index contributed by atoms with van der Waals surface area (Å²) in [4.78, 5) is 47.9. The molecular formula is C30H28O10. The number of ether oxygens (including phenoxy) is 6. The minimum absolute atomic E-state index is 0.0627. The predicted molar refractivity (Wildman–Crippen MR) is 146 cm³/mol. The van der Waals surface area contributed by atoms with E-state index in [0.717, 1.165) is 25.0 Å². The van der Waals surface area contributed by atoms with Gasteiger partial charge in [0.2, 0.25) is 0 Å². The molecule has 208 valence electrons. The minimum atomic E-state index is -0.767. The van der Waals surface area contributed by atoms with Crippen molar-refractivity contribution in [2.75, 3.05) is 0 Å². The van der Waals surface area contributed by atoms with Crippen LogP contribution in [-0.2, 0) is 28.7 Å². The van der Waals surface area contributed by atoms with Gasteiger partial charge in [0.1, 0.15) is 25.0 Å². The first-order valence-corrected chi connectivity index (χ1v) is 11.5. The number of benzene rings is 2. The monoisotopic (exact) mass is 548 g/mol. The van der Waals surface area contributed by atoms with Gasteiger partial charge in [-0.05, 0) is 52.0 Å². The lowest BCUT2D eigenvalue weighted by atomic mass is 10.1. The molecule has 0 amide bonds. The van der Waals surface area contributed by atoms with E-state index in [-0.39, 0.29) is 50.7 Å². The van der Waals surface area contributed by atoms with E-state index in [9.17, 15) is 19.2 Å². The largest absolute Gasteiger partial charge is 0.458 e. The van der Waals surface area contributed by atoms with E-state index in [2.05, 4.69) is 26.3 Å². The molecule has 2 aromatic rings. The molecule has 0 saturated carbocycles. The summed E-state index contributed by atoms with van der Waals surface area (Å²) in [5.74, 6) is -2.80. The van der Waals surface area contributed by atoms with Crippen LogP contribution >= 0.6 is 0 Å². The molecule has 0 aliphatic carbocycles. The number of fused-ring (bicyclic) bond motifs is 1. The van der Waals surface area contributed by atoms with E-state index in [4.69, 9.17) is 28.4 Å². The molecule has 0 heterocycles. The third-order valence-electron chi connectivity index (χ3n) is 4.66. The SMILES string of the molecule is C=C(C)C(=O)OC=COc1ccc2c(OC(=O)C(=C)C)c(OC(=O)C(=C)C)ccc2c1OC=COC(=O)C(=C)C. The lowest BCUT2D eigenvalue weighted by Gasteiger charge is -2.16. The zero-order valence-corrected chi connectivity index (χ0v) is 22.5. The topological polar surface area (TPSA) is 124 Å². The average molecular weight is 549 g/mol. The van der Waals surface area contributed by atoms with Crippen LogP contribution in [0.3, 0.4) is 0 Å². The van der Waals surface area contributed by atoms with Crippen LogP contribution < -0.4 is 18.9 Å². The number of rotatable bonds is 12. The Bertz CT molecular complexity index is 1470. The fraction of sp³-hybridized carbons (Fsp3) is 0.133. The van der Waals surface area contributed by atoms with Crippen LogP contribution in [0.2, 0.25) is 0 Å². The molecule has 0 fully saturated rings. The van der Waals surface area contributed by atoms with Crippen molar-refractivity contribution in [3.05, 3.63) is 97.9 Å². The first-order valence-electron chi connectivity index (χ1n) is 11.5.